The first-order chi connectivity index (χ1) is 16.1. The van der Waals surface area contributed by atoms with Gasteiger partial charge < -0.3 is 15.0 Å². The monoisotopic (exact) mass is 485 g/mol. The number of ether oxygens (including phenoxy) is 1. The largest absolute Gasteiger partial charge is 0.383 e. The Hall–Kier alpha value is -2.55. The second kappa shape index (κ2) is 11.5. The fraction of sp³-hybridized carbons (Fsp3) is 0.375. The van der Waals surface area contributed by atoms with Gasteiger partial charge in [0.15, 0.2) is 11.0 Å². The molecule has 0 unspecified atom stereocenters. The van der Waals surface area contributed by atoms with Crippen LogP contribution >= 0.6 is 23.4 Å². The maximum atomic E-state index is 12.6. The van der Waals surface area contributed by atoms with Crippen LogP contribution in [0.15, 0.2) is 53.7 Å². The minimum absolute atomic E-state index is 0.0833. The van der Waals surface area contributed by atoms with Crippen LogP contribution in [0, 0.1) is 0 Å². The summed E-state index contributed by atoms with van der Waals surface area (Å²) in [5.41, 5.74) is 2.92. The molecule has 0 spiro atoms. The van der Waals surface area contributed by atoms with Gasteiger partial charge in [0.05, 0.1) is 18.9 Å². The van der Waals surface area contributed by atoms with Gasteiger partial charge in [-0.2, -0.15) is 0 Å². The second-order valence-corrected chi connectivity index (χ2v) is 9.27. The zero-order valence-corrected chi connectivity index (χ0v) is 20.2. The number of carbonyl (C=O) groups excluding carboxylic acids is 1. The van der Waals surface area contributed by atoms with Gasteiger partial charge in [0.1, 0.15) is 0 Å². The van der Waals surface area contributed by atoms with Crippen LogP contribution in [-0.2, 0) is 16.1 Å². The van der Waals surface area contributed by atoms with Crippen molar-refractivity contribution in [2.45, 2.75) is 31.0 Å². The number of piperidine rings is 1. The van der Waals surface area contributed by atoms with E-state index in [0.717, 1.165) is 30.2 Å². The molecule has 1 aliphatic heterocycles. The molecule has 174 valence electrons. The summed E-state index contributed by atoms with van der Waals surface area (Å²) in [7, 11) is 1.66. The Morgan fingerprint density at radius 2 is 1.79 bits per heavy atom. The number of anilines is 2. The van der Waals surface area contributed by atoms with Gasteiger partial charge in [-0.3, -0.25) is 9.36 Å². The minimum atomic E-state index is -0.0833. The topological polar surface area (TPSA) is 72.3 Å². The van der Waals surface area contributed by atoms with Crippen molar-refractivity contribution in [2.24, 2.45) is 0 Å². The summed E-state index contributed by atoms with van der Waals surface area (Å²) >= 11 is 7.37. The number of halogens is 1. The number of amides is 1. The smallest absolute Gasteiger partial charge is 0.234 e. The van der Waals surface area contributed by atoms with Crippen LogP contribution in [0.1, 0.15) is 19.3 Å². The summed E-state index contributed by atoms with van der Waals surface area (Å²) in [6.07, 6.45) is 3.79. The van der Waals surface area contributed by atoms with Crippen LogP contribution in [0.2, 0.25) is 5.02 Å². The average molecular weight is 486 g/mol. The number of carbonyl (C=O) groups is 1. The lowest BCUT2D eigenvalue weighted by Crippen LogP contribution is -2.29. The molecule has 0 bridgehead atoms. The number of nitrogens with one attached hydrogen (secondary N) is 1. The van der Waals surface area contributed by atoms with Gasteiger partial charge in [-0.25, -0.2) is 0 Å². The molecule has 0 atom stereocenters. The van der Waals surface area contributed by atoms with Gasteiger partial charge >= 0.3 is 0 Å². The van der Waals surface area contributed by atoms with Crippen molar-refractivity contribution in [3.63, 3.8) is 0 Å². The SMILES string of the molecule is COCCn1c(SCC(=O)Nc2ccc(N3CCCCC3)cc2)nnc1-c1ccc(Cl)cc1. The Kier molecular flexibility index (Phi) is 8.25. The summed E-state index contributed by atoms with van der Waals surface area (Å²) in [4.78, 5) is 15.0. The molecule has 1 saturated heterocycles. The van der Waals surface area contributed by atoms with E-state index < -0.39 is 0 Å². The molecule has 1 aliphatic rings. The van der Waals surface area contributed by atoms with Crippen molar-refractivity contribution in [3.05, 3.63) is 53.6 Å². The standard InChI is InChI=1S/C24H28ClN5O2S/c1-32-16-15-30-23(18-5-7-19(25)8-6-18)27-28-24(30)33-17-22(31)26-20-9-11-21(12-10-20)29-13-3-2-4-14-29/h5-12H,2-4,13-17H2,1H3,(H,26,31). The lowest BCUT2D eigenvalue weighted by Gasteiger charge is -2.28. The second-order valence-electron chi connectivity index (χ2n) is 7.89. The summed E-state index contributed by atoms with van der Waals surface area (Å²) in [6.45, 7) is 3.30. The number of thioether (sulfide) groups is 1. The fourth-order valence-electron chi connectivity index (χ4n) is 3.83. The highest BCUT2D eigenvalue weighted by Gasteiger charge is 2.16. The number of methoxy groups -OCH3 is 1. The fourth-order valence-corrected chi connectivity index (χ4v) is 4.72. The quantitative estimate of drug-likeness (QED) is 0.431. The van der Waals surface area contributed by atoms with Gasteiger partial charge in [-0.05, 0) is 67.8 Å². The highest BCUT2D eigenvalue weighted by Crippen LogP contribution is 2.26. The number of rotatable bonds is 9. The van der Waals surface area contributed by atoms with Crippen LogP contribution in [0.3, 0.4) is 0 Å². The minimum Gasteiger partial charge on any atom is -0.383 e. The van der Waals surface area contributed by atoms with Crippen LogP contribution in [0.5, 0.6) is 0 Å². The molecule has 1 N–H and O–H groups in total. The van der Waals surface area contributed by atoms with Gasteiger partial charge in [-0.1, -0.05) is 23.4 Å². The molecule has 7 nitrogen and oxygen atoms in total. The van der Waals surface area contributed by atoms with E-state index >= 15 is 0 Å². The summed E-state index contributed by atoms with van der Waals surface area (Å²) in [6, 6.07) is 15.5. The van der Waals surface area contributed by atoms with E-state index in [2.05, 4.69) is 32.5 Å². The van der Waals surface area contributed by atoms with Crippen molar-refractivity contribution in [1.29, 1.82) is 0 Å². The molecule has 3 aromatic rings. The van der Waals surface area contributed by atoms with Crippen LogP contribution in [0.25, 0.3) is 11.4 Å². The Labute approximate surface area is 203 Å². The molecule has 33 heavy (non-hydrogen) atoms. The predicted octanol–water partition coefficient (Wildman–Crippen LogP) is 4.97. The van der Waals surface area contributed by atoms with Crippen LogP contribution < -0.4 is 10.2 Å². The van der Waals surface area contributed by atoms with Crippen molar-refractivity contribution >= 4 is 40.6 Å². The molecule has 2 aromatic carbocycles. The first kappa shape index (κ1) is 23.6. The molecule has 9 heteroatoms. The number of aromatic nitrogens is 3. The third kappa shape index (κ3) is 6.28. The third-order valence-electron chi connectivity index (χ3n) is 5.54. The predicted molar refractivity (Wildman–Crippen MR) is 134 cm³/mol. The summed E-state index contributed by atoms with van der Waals surface area (Å²) in [5, 5.41) is 13.0. The van der Waals surface area contributed by atoms with Crippen LogP contribution in [-0.4, -0.2) is 53.2 Å². The molecule has 0 saturated carbocycles. The van der Waals surface area contributed by atoms with E-state index in [-0.39, 0.29) is 11.7 Å². The van der Waals surface area contributed by atoms with Crippen molar-refractivity contribution < 1.29 is 9.53 Å². The molecule has 1 amide bonds. The number of hydrogen-bond acceptors (Lipinski definition) is 6. The van der Waals surface area contributed by atoms with Crippen LogP contribution in [0.4, 0.5) is 11.4 Å². The van der Waals surface area contributed by atoms with E-state index in [1.165, 1.54) is 36.7 Å². The maximum Gasteiger partial charge on any atom is 0.234 e. The zero-order valence-electron chi connectivity index (χ0n) is 18.7. The summed E-state index contributed by atoms with van der Waals surface area (Å²) in [5.74, 6) is 0.875. The lowest BCUT2D eigenvalue weighted by atomic mass is 10.1. The Bertz CT molecular complexity index is 1050. The van der Waals surface area contributed by atoms with Gasteiger partial charge in [0, 0.05) is 42.2 Å². The summed E-state index contributed by atoms with van der Waals surface area (Å²) < 4.78 is 7.22. The highest BCUT2D eigenvalue weighted by atomic mass is 35.5. The van der Waals surface area contributed by atoms with E-state index in [9.17, 15) is 4.79 Å². The molecule has 1 aromatic heterocycles. The highest BCUT2D eigenvalue weighted by molar-refractivity contribution is 7.99. The third-order valence-corrected chi connectivity index (χ3v) is 6.76. The van der Waals surface area contributed by atoms with Gasteiger partial charge in [0.2, 0.25) is 5.91 Å². The Morgan fingerprint density at radius 1 is 1.06 bits per heavy atom. The van der Waals surface area contributed by atoms with Crippen molar-refractivity contribution in [2.75, 3.05) is 42.8 Å². The van der Waals surface area contributed by atoms with E-state index in [1.54, 1.807) is 7.11 Å². The lowest BCUT2D eigenvalue weighted by molar-refractivity contribution is -0.113. The zero-order chi connectivity index (χ0) is 23.0. The molecule has 0 radical (unpaired) electrons. The van der Waals surface area contributed by atoms with Gasteiger partial charge in [0.25, 0.3) is 0 Å². The normalized spacial score (nSPS) is 13.8. The van der Waals surface area contributed by atoms with Crippen molar-refractivity contribution in [3.8, 4) is 11.4 Å². The molecule has 1 fully saturated rings. The molecule has 0 aliphatic carbocycles. The van der Waals surface area contributed by atoms with E-state index in [4.69, 9.17) is 16.3 Å². The number of benzene rings is 2. The average Bonchev–Trinajstić information content (AvgIpc) is 3.25. The molecular weight excluding hydrogens is 458 g/mol. The molecular formula is C24H28ClN5O2S. The number of hydrogen-bond donors (Lipinski definition) is 1. The maximum absolute atomic E-state index is 12.6. The first-order valence-corrected chi connectivity index (χ1v) is 12.5. The Morgan fingerprint density at radius 3 is 2.48 bits per heavy atom. The van der Waals surface area contributed by atoms with Crippen molar-refractivity contribution in [1.82, 2.24) is 14.8 Å². The van der Waals surface area contributed by atoms with E-state index in [1.807, 2.05) is 41.0 Å². The molecule has 2 heterocycles. The Balaban J connectivity index is 1.37. The van der Waals surface area contributed by atoms with E-state index in [0.29, 0.717) is 23.3 Å². The van der Waals surface area contributed by atoms with Gasteiger partial charge in [-0.15, -0.1) is 10.2 Å². The number of nitrogens with zero attached hydrogens (tertiary/aromatic N) is 4. The molecule has 4 rings (SSSR count). The first-order valence-electron chi connectivity index (χ1n) is 11.1.